The molecule has 1 aromatic carbocycles. The number of rotatable bonds is 6. The summed E-state index contributed by atoms with van der Waals surface area (Å²) < 4.78 is 15.8. The van der Waals surface area contributed by atoms with Crippen molar-refractivity contribution in [2.45, 2.75) is 20.0 Å². The number of ether oxygens (including phenoxy) is 2. The molecule has 1 heterocycles. The van der Waals surface area contributed by atoms with Crippen molar-refractivity contribution in [2.75, 3.05) is 19.5 Å². The van der Waals surface area contributed by atoms with Gasteiger partial charge in [0.05, 0.1) is 12.7 Å². The minimum atomic E-state index is 0.342. The van der Waals surface area contributed by atoms with Gasteiger partial charge in [-0.05, 0) is 18.6 Å². The summed E-state index contributed by atoms with van der Waals surface area (Å²) in [6.07, 6.45) is 0.955. The summed E-state index contributed by atoms with van der Waals surface area (Å²) >= 11 is 0. The van der Waals surface area contributed by atoms with E-state index in [0.29, 0.717) is 41.9 Å². The lowest BCUT2D eigenvalue weighted by Crippen LogP contribution is -1.96. The van der Waals surface area contributed by atoms with Crippen molar-refractivity contribution in [3.63, 3.8) is 0 Å². The highest BCUT2D eigenvalue weighted by molar-refractivity contribution is 5.66. The predicted octanol–water partition coefficient (Wildman–Crippen LogP) is 2.25. The largest absolute Gasteiger partial charge is 0.496 e. The molecule has 2 aromatic rings. The number of benzene rings is 1. The van der Waals surface area contributed by atoms with E-state index in [2.05, 4.69) is 10.1 Å². The van der Waals surface area contributed by atoms with Gasteiger partial charge in [-0.15, -0.1) is 0 Å². The second-order valence-electron chi connectivity index (χ2n) is 4.03. The number of aromatic nitrogens is 2. The fourth-order valence-corrected chi connectivity index (χ4v) is 1.61. The molecule has 6 nitrogen and oxygen atoms in total. The van der Waals surface area contributed by atoms with Gasteiger partial charge in [-0.1, -0.05) is 12.1 Å². The maximum Gasteiger partial charge on any atom is 0.261 e. The van der Waals surface area contributed by atoms with Crippen LogP contribution in [-0.4, -0.2) is 23.9 Å². The van der Waals surface area contributed by atoms with Crippen LogP contribution in [0.2, 0.25) is 0 Å². The van der Waals surface area contributed by atoms with Crippen LogP contribution >= 0.6 is 0 Å². The molecular weight excluding hydrogens is 246 g/mol. The van der Waals surface area contributed by atoms with Gasteiger partial charge < -0.3 is 19.7 Å². The van der Waals surface area contributed by atoms with Crippen molar-refractivity contribution < 1.29 is 14.0 Å². The maximum atomic E-state index is 5.70. The summed E-state index contributed by atoms with van der Waals surface area (Å²) in [6.45, 7) is 3.06. The average Bonchev–Trinajstić information content (AvgIpc) is 2.87. The number of anilines is 1. The molecule has 2 N–H and O–H groups in total. The highest BCUT2D eigenvalue weighted by atomic mass is 16.5. The van der Waals surface area contributed by atoms with Crippen LogP contribution < -0.4 is 10.5 Å². The molecule has 6 heteroatoms. The third-order valence-corrected chi connectivity index (χ3v) is 2.50. The van der Waals surface area contributed by atoms with Crippen molar-refractivity contribution in [3.05, 3.63) is 24.0 Å². The van der Waals surface area contributed by atoms with Gasteiger partial charge >= 0.3 is 0 Å². The first-order chi connectivity index (χ1) is 9.24. The predicted molar refractivity (Wildman–Crippen MR) is 70.6 cm³/mol. The summed E-state index contributed by atoms with van der Waals surface area (Å²) in [4.78, 5) is 4.27. The Balaban J connectivity index is 2.18. The standard InChI is InChI=1S/C13H17N3O3/c1-3-6-18-8-12-15-13(19-16-12)10-5-4-9(14)7-11(10)17-2/h4-5,7H,3,6,8,14H2,1-2H3. The molecule has 1 aromatic heterocycles. The molecule has 19 heavy (non-hydrogen) atoms. The van der Waals surface area contributed by atoms with Crippen LogP contribution in [0.25, 0.3) is 11.5 Å². The summed E-state index contributed by atoms with van der Waals surface area (Å²) in [5.41, 5.74) is 7.03. The summed E-state index contributed by atoms with van der Waals surface area (Å²) in [5, 5.41) is 3.86. The Bertz CT molecular complexity index is 540. The highest BCUT2D eigenvalue weighted by Crippen LogP contribution is 2.30. The molecule has 0 unspecified atom stereocenters. The van der Waals surface area contributed by atoms with E-state index in [1.807, 2.05) is 6.92 Å². The molecule has 0 radical (unpaired) electrons. The number of methoxy groups -OCH3 is 1. The van der Waals surface area contributed by atoms with Crippen LogP contribution in [0.3, 0.4) is 0 Å². The average molecular weight is 263 g/mol. The van der Waals surface area contributed by atoms with Gasteiger partial charge in [-0.3, -0.25) is 0 Å². The number of nitrogens with zero attached hydrogens (tertiary/aromatic N) is 2. The van der Waals surface area contributed by atoms with Crippen LogP contribution in [-0.2, 0) is 11.3 Å². The first kappa shape index (κ1) is 13.4. The molecule has 0 bridgehead atoms. The molecule has 0 aliphatic heterocycles. The zero-order valence-electron chi connectivity index (χ0n) is 11.0. The van der Waals surface area contributed by atoms with Crippen molar-refractivity contribution in [2.24, 2.45) is 0 Å². The van der Waals surface area contributed by atoms with Gasteiger partial charge in [-0.25, -0.2) is 0 Å². The molecule has 0 saturated carbocycles. The lowest BCUT2D eigenvalue weighted by molar-refractivity contribution is 0.114. The quantitative estimate of drug-likeness (QED) is 0.635. The van der Waals surface area contributed by atoms with Crippen molar-refractivity contribution in [1.82, 2.24) is 10.1 Å². The Kier molecular flexibility index (Phi) is 4.35. The molecule has 2 rings (SSSR count). The van der Waals surface area contributed by atoms with Gasteiger partial charge in [-0.2, -0.15) is 4.98 Å². The van der Waals surface area contributed by atoms with Gasteiger partial charge in [0.1, 0.15) is 12.4 Å². The molecular formula is C13H17N3O3. The number of nitrogen functional groups attached to an aromatic ring is 1. The van der Waals surface area contributed by atoms with Crippen molar-refractivity contribution in [1.29, 1.82) is 0 Å². The molecule has 0 atom stereocenters. The van der Waals surface area contributed by atoms with Crippen LogP contribution in [0.4, 0.5) is 5.69 Å². The molecule has 0 fully saturated rings. The van der Waals surface area contributed by atoms with Gasteiger partial charge in [0.25, 0.3) is 5.89 Å². The number of hydrogen-bond acceptors (Lipinski definition) is 6. The molecule has 0 aliphatic carbocycles. The van der Waals surface area contributed by atoms with E-state index in [1.165, 1.54) is 0 Å². The van der Waals surface area contributed by atoms with E-state index < -0.39 is 0 Å². The van der Waals surface area contributed by atoms with Gasteiger partial charge in [0, 0.05) is 18.4 Å². The van der Waals surface area contributed by atoms with Gasteiger partial charge in [0.2, 0.25) is 0 Å². The van der Waals surface area contributed by atoms with Crippen LogP contribution in [0.5, 0.6) is 5.75 Å². The summed E-state index contributed by atoms with van der Waals surface area (Å²) in [6, 6.07) is 5.26. The smallest absolute Gasteiger partial charge is 0.261 e. The maximum absolute atomic E-state index is 5.70. The van der Waals surface area contributed by atoms with E-state index in [0.717, 1.165) is 6.42 Å². The Morgan fingerprint density at radius 1 is 1.37 bits per heavy atom. The van der Waals surface area contributed by atoms with E-state index in [-0.39, 0.29) is 0 Å². The second kappa shape index (κ2) is 6.19. The number of nitrogens with two attached hydrogens (primary N) is 1. The fraction of sp³-hybridized carbons (Fsp3) is 0.385. The third-order valence-electron chi connectivity index (χ3n) is 2.50. The molecule has 0 aliphatic rings. The van der Waals surface area contributed by atoms with E-state index in [1.54, 1.807) is 25.3 Å². The SMILES string of the molecule is CCCOCc1noc(-c2ccc(N)cc2OC)n1. The molecule has 0 amide bonds. The van der Waals surface area contributed by atoms with E-state index >= 15 is 0 Å². The zero-order chi connectivity index (χ0) is 13.7. The molecule has 0 spiro atoms. The van der Waals surface area contributed by atoms with Crippen LogP contribution in [0, 0.1) is 0 Å². The van der Waals surface area contributed by atoms with E-state index in [9.17, 15) is 0 Å². The Morgan fingerprint density at radius 2 is 2.21 bits per heavy atom. The lowest BCUT2D eigenvalue weighted by atomic mass is 10.2. The fourth-order valence-electron chi connectivity index (χ4n) is 1.61. The summed E-state index contributed by atoms with van der Waals surface area (Å²) in [5.74, 6) is 1.51. The third kappa shape index (κ3) is 3.23. The Hall–Kier alpha value is -2.08. The highest BCUT2D eigenvalue weighted by Gasteiger charge is 2.13. The lowest BCUT2D eigenvalue weighted by Gasteiger charge is -2.05. The Morgan fingerprint density at radius 3 is 2.95 bits per heavy atom. The molecule has 102 valence electrons. The normalized spacial score (nSPS) is 10.6. The first-order valence-corrected chi connectivity index (χ1v) is 6.08. The van der Waals surface area contributed by atoms with Crippen LogP contribution in [0.15, 0.2) is 22.7 Å². The van der Waals surface area contributed by atoms with E-state index in [4.69, 9.17) is 19.7 Å². The van der Waals surface area contributed by atoms with Crippen molar-refractivity contribution in [3.8, 4) is 17.2 Å². The van der Waals surface area contributed by atoms with Crippen LogP contribution in [0.1, 0.15) is 19.2 Å². The monoisotopic (exact) mass is 263 g/mol. The topological polar surface area (TPSA) is 83.4 Å². The minimum Gasteiger partial charge on any atom is -0.496 e. The summed E-state index contributed by atoms with van der Waals surface area (Å²) in [7, 11) is 1.57. The van der Waals surface area contributed by atoms with Gasteiger partial charge in [0.15, 0.2) is 5.82 Å². The minimum absolute atomic E-state index is 0.342. The number of hydrogen-bond donors (Lipinski definition) is 1. The second-order valence-corrected chi connectivity index (χ2v) is 4.03. The zero-order valence-corrected chi connectivity index (χ0v) is 11.0. The first-order valence-electron chi connectivity index (χ1n) is 6.08. The molecule has 0 saturated heterocycles. The Labute approximate surface area is 111 Å². The van der Waals surface area contributed by atoms with Crippen molar-refractivity contribution >= 4 is 5.69 Å².